The normalized spacial score (nSPS) is 13.7. The van der Waals surface area contributed by atoms with E-state index in [1.807, 2.05) is 48.5 Å². The van der Waals surface area contributed by atoms with Crippen LogP contribution in [-0.2, 0) is 9.47 Å². The van der Waals surface area contributed by atoms with Crippen molar-refractivity contribution in [3.63, 3.8) is 0 Å². The predicted molar refractivity (Wildman–Crippen MR) is 132 cm³/mol. The molecule has 4 nitrogen and oxygen atoms in total. The van der Waals surface area contributed by atoms with Crippen LogP contribution in [0, 0.1) is 0 Å². The molecule has 3 rings (SSSR count). The molecular formula is C29H34O4. The highest BCUT2D eigenvalue weighted by molar-refractivity contribution is 5.89. The van der Waals surface area contributed by atoms with Gasteiger partial charge in [-0.15, -0.1) is 0 Å². The third kappa shape index (κ3) is 7.19. The van der Waals surface area contributed by atoms with E-state index < -0.39 is 6.29 Å². The van der Waals surface area contributed by atoms with Gasteiger partial charge in [-0.25, -0.2) is 4.79 Å². The largest absolute Gasteiger partial charge is 0.464 e. The molecule has 0 spiro atoms. The minimum atomic E-state index is -0.498. The van der Waals surface area contributed by atoms with Gasteiger partial charge >= 0.3 is 5.97 Å². The molecule has 0 saturated carbocycles. The summed E-state index contributed by atoms with van der Waals surface area (Å²) in [6, 6.07) is 27.5. The Hall–Kier alpha value is -3.11. The lowest BCUT2D eigenvalue weighted by atomic mass is 9.95. The Morgan fingerprint density at radius 1 is 0.758 bits per heavy atom. The maximum absolute atomic E-state index is 12.2. The Balaban J connectivity index is 1.66. The second-order valence-corrected chi connectivity index (χ2v) is 8.16. The van der Waals surface area contributed by atoms with Crippen LogP contribution in [0.15, 0.2) is 84.9 Å². The minimum Gasteiger partial charge on any atom is -0.464 e. The second-order valence-electron chi connectivity index (χ2n) is 8.16. The van der Waals surface area contributed by atoms with Crippen molar-refractivity contribution in [1.82, 2.24) is 0 Å². The molecule has 0 saturated heterocycles. The number of ether oxygens (including phenoxy) is 3. The van der Waals surface area contributed by atoms with E-state index in [2.05, 4.69) is 45.0 Å². The Morgan fingerprint density at radius 3 is 2.00 bits per heavy atom. The fourth-order valence-electron chi connectivity index (χ4n) is 3.72. The van der Waals surface area contributed by atoms with E-state index >= 15 is 0 Å². The van der Waals surface area contributed by atoms with E-state index in [1.54, 1.807) is 12.1 Å². The maximum Gasteiger partial charge on any atom is 0.338 e. The van der Waals surface area contributed by atoms with Crippen LogP contribution in [0.3, 0.4) is 0 Å². The highest BCUT2D eigenvalue weighted by atomic mass is 16.7. The van der Waals surface area contributed by atoms with Crippen molar-refractivity contribution in [2.24, 2.45) is 0 Å². The van der Waals surface area contributed by atoms with Gasteiger partial charge in [-0.3, -0.25) is 0 Å². The van der Waals surface area contributed by atoms with Crippen molar-refractivity contribution < 1.29 is 19.0 Å². The first-order valence-corrected chi connectivity index (χ1v) is 11.8. The highest BCUT2D eigenvalue weighted by Crippen LogP contribution is 2.29. The molecule has 0 heterocycles. The first-order chi connectivity index (χ1) is 16.1. The van der Waals surface area contributed by atoms with Crippen molar-refractivity contribution in [3.8, 4) is 5.75 Å². The van der Waals surface area contributed by atoms with E-state index in [1.165, 1.54) is 5.56 Å². The van der Waals surface area contributed by atoms with Gasteiger partial charge in [0.25, 0.3) is 0 Å². The monoisotopic (exact) mass is 446 g/mol. The summed E-state index contributed by atoms with van der Waals surface area (Å²) in [5, 5.41) is 0. The molecule has 4 heteroatoms. The quantitative estimate of drug-likeness (QED) is 0.171. The Labute approximate surface area is 197 Å². The predicted octanol–water partition coefficient (Wildman–Crippen LogP) is 6.97. The number of carbonyl (C=O) groups excluding carboxylic acids is 1. The molecule has 0 amide bonds. The smallest absolute Gasteiger partial charge is 0.338 e. The second kappa shape index (κ2) is 12.8. The van der Waals surface area contributed by atoms with Gasteiger partial charge in [0.2, 0.25) is 6.29 Å². The van der Waals surface area contributed by atoms with Gasteiger partial charge in [0.1, 0.15) is 12.4 Å². The van der Waals surface area contributed by atoms with Crippen molar-refractivity contribution in [2.45, 2.75) is 51.7 Å². The summed E-state index contributed by atoms with van der Waals surface area (Å²) in [6.07, 6.45) is 1.45. The zero-order valence-corrected chi connectivity index (χ0v) is 19.8. The van der Waals surface area contributed by atoms with Crippen LogP contribution in [0.5, 0.6) is 5.75 Å². The standard InChI is InChI=1S/C29H34O4/c1-4-22(3)23-16-18-26(19-17-23)33-29(27(5-2)24-12-8-6-9-13-24)32-21-20-31-28(30)25-14-10-7-11-15-25/h6-19,22,27,29H,4-5,20-21H2,1-3H3. The van der Waals surface area contributed by atoms with Gasteiger partial charge in [0.15, 0.2) is 0 Å². The first-order valence-electron chi connectivity index (χ1n) is 11.8. The fourth-order valence-corrected chi connectivity index (χ4v) is 3.72. The van der Waals surface area contributed by atoms with Crippen LogP contribution in [0.25, 0.3) is 0 Å². The van der Waals surface area contributed by atoms with Gasteiger partial charge in [-0.05, 0) is 54.2 Å². The van der Waals surface area contributed by atoms with Crippen LogP contribution in [-0.4, -0.2) is 25.5 Å². The molecular weight excluding hydrogens is 412 g/mol. The average Bonchev–Trinajstić information content (AvgIpc) is 2.87. The molecule has 0 aromatic heterocycles. The number of esters is 1. The maximum atomic E-state index is 12.2. The zero-order chi connectivity index (χ0) is 23.5. The summed E-state index contributed by atoms with van der Waals surface area (Å²) in [7, 11) is 0. The van der Waals surface area contributed by atoms with Gasteiger partial charge in [-0.1, -0.05) is 81.4 Å². The summed E-state index contributed by atoms with van der Waals surface area (Å²) < 4.78 is 17.8. The van der Waals surface area contributed by atoms with E-state index in [0.717, 1.165) is 24.2 Å². The van der Waals surface area contributed by atoms with E-state index in [0.29, 0.717) is 11.5 Å². The molecule has 0 fully saturated rings. The summed E-state index contributed by atoms with van der Waals surface area (Å²) >= 11 is 0. The average molecular weight is 447 g/mol. The lowest BCUT2D eigenvalue weighted by Crippen LogP contribution is -2.30. The fraction of sp³-hybridized carbons (Fsp3) is 0.345. The summed E-state index contributed by atoms with van der Waals surface area (Å²) in [4.78, 5) is 12.2. The highest BCUT2D eigenvalue weighted by Gasteiger charge is 2.25. The molecule has 0 radical (unpaired) electrons. The third-order valence-electron chi connectivity index (χ3n) is 5.92. The van der Waals surface area contributed by atoms with Gasteiger partial charge in [-0.2, -0.15) is 0 Å². The Bertz CT molecular complexity index is 954. The minimum absolute atomic E-state index is 0.0465. The molecule has 174 valence electrons. The molecule has 3 atom stereocenters. The summed E-state index contributed by atoms with van der Waals surface area (Å²) in [6.45, 7) is 6.94. The lowest BCUT2D eigenvalue weighted by Gasteiger charge is -2.28. The summed E-state index contributed by atoms with van der Waals surface area (Å²) in [5.41, 5.74) is 2.98. The van der Waals surface area contributed by atoms with E-state index in [-0.39, 0.29) is 25.1 Å². The zero-order valence-electron chi connectivity index (χ0n) is 19.8. The van der Waals surface area contributed by atoms with Crippen LogP contribution in [0.2, 0.25) is 0 Å². The molecule has 3 aromatic rings. The number of hydrogen-bond acceptors (Lipinski definition) is 4. The number of rotatable bonds is 12. The number of benzene rings is 3. The molecule has 33 heavy (non-hydrogen) atoms. The Kier molecular flexibility index (Phi) is 9.52. The molecule has 0 aliphatic rings. The van der Waals surface area contributed by atoms with Crippen LogP contribution in [0.1, 0.15) is 66.9 Å². The van der Waals surface area contributed by atoms with E-state index in [4.69, 9.17) is 14.2 Å². The van der Waals surface area contributed by atoms with Gasteiger partial charge in [0.05, 0.1) is 12.2 Å². The van der Waals surface area contributed by atoms with Crippen LogP contribution < -0.4 is 4.74 Å². The van der Waals surface area contributed by atoms with Crippen molar-refractivity contribution in [3.05, 3.63) is 102 Å². The molecule has 0 aliphatic heterocycles. The molecule has 3 unspecified atom stereocenters. The van der Waals surface area contributed by atoms with Gasteiger partial charge < -0.3 is 14.2 Å². The summed E-state index contributed by atoms with van der Waals surface area (Å²) in [5.74, 6) is 0.971. The van der Waals surface area contributed by atoms with Gasteiger partial charge in [0, 0.05) is 5.92 Å². The third-order valence-corrected chi connectivity index (χ3v) is 5.92. The van der Waals surface area contributed by atoms with Crippen molar-refractivity contribution in [2.75, 3.05) is 13.2 Å². The van der Waals surface area contributed by atoms with Crippen LogP contribution >= 0.6 is 0 Å². The number of carbonyl (C=O) groups is 1. The molecule has 0 aliphatic carbocycles. The molecule has 0 bridgehead atoms. The SMILES string of the molecule is CCC(C)c1ccc(OC(OCCOC(=O)c2ccccc2)C(CC)c2ccccc2)cc1. The molecule has 0 N–H and O–H groups in total. The molecule has 3 aromatic carbocycles. The first kappa shape index (κ1) is 24.5. The number of hydrogen-bond donors (Lipinski definition) is 0. The van der Waals surface area contributed by atoms with Crippen LogP contribution in [0.4, 0.5) is 0 Å². The van der Waals surface area contributed by atoms with Crippen molar-refractivity contribution in [1.29, 1.82) is 0 Å². The topological polar surface area (TPSA) is 44.8 Å². The van der Waals surface area contributed by atoms with E-state index in [9.17, 15) is 4.79 Å². The lowest BCUT2D eigenvalue weighted by molar-refractivity contribution is -0.106. The van der Waals surface area contributed by atoms with Crippen molar-refractivity contribution >= 4 is 5.97 Å². The Morgan fingerprint density at radius 2 is 1.39 bits per heavy atom.